The van der Waals surface area contributed by atoms with Gasteiger partial charge in [0.05, 0.1) is 22.1 Å². The maximum Gasteiger partial charge on any atom is 0.214 e. The summed E-state index contributed by atoms with van der Waals surface area (Å²) >= 11 is 0. The van der Waals surface area contributed by atoms with E-state index in [1.165, 1.54) is 133 Å². The number of benzene rings is 4. The third kappa shape index (κ3) is 8.89. The van der Waals surface area contributed by atoms with E-state index in [0.717, 1.165) is 25.9 Å². The molecule has 8 rings (SSSR count). The fraction of sp³-hybridized carbons (Fsp3) is 0.348. The molecule has 0 spiro atoms. The van der Waals surface area contributed by atoms with Gasteiger partial charge in [-0.1, -0.05) is 98.5 Å². The van der Waals surface area contributed by atoms with Crippen LogP contribution in [0.15, 0.2) is 122 Å². The molecule has 2 aliphatic heterocycles. The first-order valence-electron chi connectivity index (χ1n) is 19.3. The molecule has 2 saturated heterocycles. The minimum Gasteiger partial charge on any atom is -1.00 e. The molecule has 4 nitrogen and oxygen atoms in total. The minimum atomic E-state index is 0. The molecule has 0 unspecified atom stereocenters. The third-order valence-corrected chi connectivity index (χ3v) is 11.2. The summed E-state index contributed by atoms with van der Waals surface area (Å²) < 4.78 is 4.83. The van der Waals surface area contributed by atoms with Crippen LogP contribution in [0, 0.1) is 0 Å². The van der Waals surface area contributed by atoms with Crippen molar-refractivity contribution in [2.24, 2.45) is 0 Å². The lowest BCUT2D eigenvalue weighted by molar-refractivity contribution is -0.662. The Morgan fingerprint density at radius 3 is 1.12 bits per heavy atom. The Hall–Kier alpha value is -3.74. The third-order valence-electron chi connectivity index (χ3n) is 11.2. The van der Waals surface area contributed by atoms with Gasteiger partial charge in [-0.2, -0.15) is 9.13 Å². The highest BCUT2D eigenvalue weighted by molar-refractivity contribution is 5.90. The fourth-order valence-corrected chi connectivity index (χ4v) is 8.30. The Kier molecular flexibility index (Phi) is 13.4. The molecule has 0 amide bonds. The van der Waals surface area contributed by atoms with Gasteiger partial charge in [-0.3, -0.25) is 0 Å². The summed E-state index contributed by atoms with van der Waals surface area (Å²) in [5.74, 6) is 0. The van der Waals surface area contributed by atoms with Crippen LogP contribution in [0.4, 0.5) is 11.4 Å². The summed E-state index contributed by atoms with van der Waals surface area (Å²) in [6.07, 6.45) is 17.3. The van der Waals surface area contributed by atoms with Crippen LogP contribution in [-0.2, 0) is 25.9 Å². The van der Waals surface area contributed by atoms with Crippen molar-refractivity contribution in [3.63, 3.8) is 0 Å². The average molecular weight is 821 g/mol. The number of aryl methyl sites for hydroxylation is 2. The van der Waals surface area contributed by atoms with Crippen molar-refractivity contribution in [2.45, 2.75) is 77.3 Å². The predicted octanol–water partition coefficient (Wildman–Crippen LogP) is 3.22. The molecule has 2 aromatic heterocycles. The van der Waals surface area contributed by atoms with E-state index in [1.54, 1.807) is 0 Å². The monoisotopic (exact) mass is 818 g/mol. The van der Waals surface area contributed by atoms with Crippen molar-refractivity contribution in [3.05, 3.63) is 144 Å². The van der Waals surface area contributed by atoms with Crippen molar-refractivity contribution in [1.29, 1.82) is 0 Å². The number of fused-ring (bicyclic) bond motifs is 2. The van der Waals surface area contributed by atoms with Crippen molar-refractivity contribution < 1.29 is 43.1 Å². The van der Waals surface area contributed by atoms with Gasteiger partial charge >= 0.3 is 0 Å². The Morgan fingerprint density at radius 1 is 0.385 bits per heavy atom. The first-order chi connectivity index (χ1) is 24.8. The number of aromatic nitrogens is 2. The zero-order valence-electron chi connectivity index (χ0n) is 30.4. The van der Waals surface area contributed by atoms with E-state index >= 15 is 0 Å². The van der Waals surface area contributed by atoms with Gasteiger partial charge in [-0.05, 0) is 61.8 Å². The predicted molar refractivity (Wildman–Crippen MR) is 208 cm³/mol. The van der Waals surface area contributed by atoms with Crippen LogP contribution in [-0.4, -0.2) is 26.2 Å². The molecular weight excluding hydrogens is 768 g/mol. The Labute approximate surface area is 331 Å². The number of hydrogen-bond acceptors (Lipinski definition) is 2. The zero-order valence-corrected chi connectivity index (χ0v) is 33.6. The summed E-state index contributed by atoms with van der Waals surface area (Å²) in [4.78, 5) is 5.22. The van der Waals surface area contributed by atoms with Gasteiger partial charge in [-0.25, -0.2) is 0 Å². The number of para-hydroxylation sites is 2. The molecule has 0 atom stereocenters. The van der Waals surface area contributed by atoms with E-state index in [-0.39, 0.29) is 34.0 Å². The van der Waals surface area contributed by atoms with Crippen molar-refractivity contribution in [3.8, 4) is 0 Å². The van der Waals surface area contributed by atoms with E-state index in [1.807, 2.05) is 0 Å². The average Bonchev–Trinajstić information content (AvgIpc) is 3.62. The van der Waals surface area contributed by atoms with Crippen LogP contribution < -0.4 is 52.9 Å². The van der Waals surface area contributed by atoms with Gasteiger partial charge < -0.3 is 43.8 Å². The molecule has 270 valence electrons. The van der Waals surface area contributed by atoms with Crippen LogP contribution in [0.25, 0.3) is 21.8 Å². The highest BCUT2D eigenvalue weighted by atomic mass is 79.9. The maximum absolute atomic E-state index is 2.61. The number of nitrogens with zero attached hydrogens (tertiary/aromatic N) is 4. The Bertz CT molecular complexity index is 1880. The zero-order chi connectivity index (χ0) is 33.5. The molecule has 0 aliphatic carbocycles. The molecule has 4 heterocycles. The Morgan fingerprint density at radius 2 is 0.731 bits per heavy atom. The molecule has 52 heavy (non-hydrogen) atoms. The van der Waals surface area contributed by atoms with Gasteiger partial charge in [0.15, 0.2) is 25.5 Å². The molecule has 0 radical (unpaired) electrons. The molecule has 0 saturated carbocycles. The largest absolute Gasteiger partial charge is 1.00 e. The highest BCUT2D eigenvalue weighted by Crippen LogP contribution is 2.28. The van der Waals surface area contributed by atoms with Gasteiger partial charge in [-0.15, -0.1) is 0 Å². The van der Waals surface area contributed by atoms with E-state index < -0.39 is 0 Å². The van der Waals surface area contributed by atoms with Crippen LogP contribution in [0.2, 0.25) is 0 Å². The molecule has 2 fully saturated rings. The summed E-state index contributed by atoms with van der Waals surface area (Å²) in [7, 11) is 0. The van der Waals surface area contributed by atoms with Gasteiger partial charge in [0.25, 0.3) is 0 Å². The smallest absolute Gasteiger partial charge is 0.214 e. The van der Waals surface area contributed by atoms with Crippen LogP contribution in [0.5, 0.6) is 0 Å². The summed E-state index contributed by atoms with van der Waals surface area (Å²) in [5.41, 5.74) is 10.9. The van der Waals surface area contributed by atoms with E-state index in [4.69, 9.17) is 0 Å². The van der Waals surface area contributed by atoms with Gasteiger partial charge in [0.2, 0.25) is 11.0 Å². The minimum absolute atomic E-state index is 0. The molecule has 6 heteroatoms. The van der Waals surface area contributed by atoms with Crippen molar-refractivity contribution in [2.75, 3.05) is 36.0 Å². The first kappa shape index (κ1) is 38.0. The molecule has 2 aliphatic rings. The lowest BCUT2D eigenvalue weighted by Gasteiger charge is -2.23. The Balaban J connectivity index is 0.00000232. The lowest BCUT2D eigenvalue weighted by Crippen LogP contribution is -3.00. The van der Waals surface area contributed by atoms with Gasteiger partial charge in [0, 0.05) is 61.6 Å². The second-order valence-corrected chi connectivity index (χ2v) is 14.6. The summed E-state index contributed by atoms with van der Waals surface area (Å²) in [6.45, 7) is 6.45. The fourth-order valence-electron chi connectivity index (χ4n) is 8.30. The first-order valence-corrected chi connectivity index (χ1v) is 19.3. The quantitative estimate of drug-likeness (QED) is 0.209. The lowest BCUT2D eigenvalue weighted by atomic mass is 10.0. The molecule has 6 aromatic rings. The molecule has 0 N–H and O–H groups in total. The van der Waals surface area contributed by atoms with Crippen molar-refractivity contribution in [1.82, 2.24) is 0 Å². The van der Waals surface area contributed by atoms with E-state index in [2.05, 4.69) is 141 Å². The molecular formula is C46H52Br2N4. The highest BCUT2D eigenvalue weighted by Gasteiger charge is 2.20. The normalized spacial score (nSPS) is 15.1. The topological polar surface area (TPSA) is 14.2 Å². The SMILES string of the molecule is [Br-].[Br-].c1ccc2c(c1)c(N1CCCCCC1)cc[n+]2Cc1ccc(CCc2ccc(C[n+]3ccc(N4CCCCCC4)c4ccccc43)cc2)cc1. The summed E-state index contributed by atoms with van der Waals surface area (Å²) in [6, 6.07) is 41.2. The van der Waals surface area contributed by atoms with Gasteiger partial charge in [0.1, 0.15) is 0 Å². The number of pyridine rings is 2. The van der Waals surface area contributed by atoms with Crippen LogP contribution in [0.1, 0.15) is 73.6 Å². The van der Waals surface area contributed by atoms with E-state index in [0.29, 0.717) is 0 Å². The second-order valence-electron chi connectivity index (χ2n) is 14.6. The number of anilines is 2. The number of rotatable bonds is 9. The standard InChI is InChI=1S/C46H52N4.2BrH/c1-2-10-30-47(29-9-1)45-27-33-49(43-15-7-5-13-41(43)45)35-39-23-19-37(20-24-39)17-18-38-21-25-40(26-22-38)36-50-34-28-46(42-14-6-8-16-44(42)50)48-31-11-3-4-12-32-48;;/h5-8,13-16,19-28,33-34H,1-4,9-12,17-18,29-32,35-36H2;2*1H/q+2;;/p-2. The number of halogens is 2. The van der Waals surface area contributed by atoms with Crippen LogP contribution in [0.3, 0.4) is 0 Å². The number of hydrogen-bond donors (Lipinski definition) is 0. The van der Waals surface area contributed by atoms with Crippen molar-refractivity contribution >= 4 is 33.2 Å². The second kappa shape index (κ2) is 18.3. The summed E-state index contributed by atoms with van der Waals surface area (Å²) in [5, 5.41) is 2.74. The van der Waals surface area contributed by atoms with E-state index in [9.17, 15) is 0 Å². The maximum atomic E-state index is 2.61. The molecule has 4 aromatic carbocycles. The van der Waals surface area contributed by atoms with Crippen LogP contribution >= 0.6 is 0 Å². The molecule has 0 bridgehead atoms.